The summed E-state index contributed by atoms with van der Waals surface area (Å²) in [7, 11) is 0. The van der Waals surface area contributed by atoms with Gasteiger partial charge in [0.05, 0.1) is 12.1 Å². The molecule has 4 heteroatoms. The van der Waals surface area contributed by atoms with Gasteiger partial charge in [0.15, 0.2) is 5.96 Å². The molecule has 0 amide bonds. The minimum atomic E-state index is -0.265. The lowest BCUT2D eigenvalue weighted by molar-refractivity contribution is 0.531. The fraction of sp³-hybridized carbons (Fsp3) is 0.250. The number of hydrogen-bond acceptors (Lipinski definition) is 4. The smallest absolute Gasteiger partial charge is 0.196 e. The predicted molar refractivity (Wildman–Crippen MR) is 81.7 cm³/mol. The van der Waals surface area contributed by atoms with Gasteiger partial charge in [-0.15, -0.1) is 0 Å². The number of benzene rings is 1. The molecular formula is C16H18N4. The molecule has 1 aromatic heterocycles. The van der Waals surface area contributed by atoms with Crippen molar-refractivity contribution in [3.8, 4) is 0 Å². The molecule has 1 aliphatic heterocycles. The zero-order valence-electron chi connectivity index (χ0n) is 11.7. The summed E-state index contributed by atoms with van der Waals surface area (Å²) in [4.78, 5) is 10.7. The van der Waals surface area contributed by atoms with Gasteiger partial charge < -0.3 is 10.6 Å². The van der Waals surface area contributed by atoms with Gasteiger partial charge in [0.25, 0.3) is 0 Å². The fourth-order valence-electron chi connectivity index (χ4n) is 2.76. The van der Waals surface area contributed by atoms with E-state index in [-0.39, 0.29) is 5.54 Å². The summed E-state index contributed by atoms with van der Waals surface area (Å²) in [6, 6.07) is 12.3. The van der Waals surface area contributed by atoms with E-state index in [9.17, 15) is 0 Å². The van der Waals surface area contributed by atoms with Crippen LogP contribution in [0.1, 0.15) is 18.1 Å². The van der Waals surface area contributed by atoms with Gasteiger partial charge in [0.2, 0.25) is 0 Å². The Kier molecular flexibility index (Phi) is 2.93. The zero-order chi connectivity index (χ0) is 14.2. The monoisotopic (exact) mass is 266 g/mol. The normalized spacial score (nSPS) is 21.9. The third-order valence-electron chi connectivity index (χ3n) is 3.93. The van der Waals surface area contributed by atoms with Crippen molar-refractivity contribution in [1.29, 1.82) is 0 Å². The summed E-state index contributed by atoms with van der Waals surface area (Å²) >= 11 is 0. The Hall–Kier alpha value is -2.36. The molecule has 2 heterocycles. The van der Waals surface area contributed by atoms with Crippen LogP contribution in [0, 0.1) is 6.92 Å². The van der Waals surface area contributed by atoms with Crippen LogP contribution in [0.15, 0.2) is 53.8 Å². The molecule has 102 valence electrons. The van der Waals surface area contributed by atoms with Crippen LogP contribution in [0.3, 0.4) is 0 Å². The summed E-state index contributed by atoms with van der Waals surface area (Å²) in [6.07, 6.45) is 3.62. The lowest BCUT2D eigenvalue weighted by atomic mass is 9.91. The van der Waals surface area contributed by atoms with Crippen molar-refractivity contribution in [1.82, 2.24) is 4.98 Å². The molecule has 0 saturated carbocycles. The van der Waals surface area contributed by atoms with E-state index >= 15 is 0 Å². The second-order valence-electron chi connectivity index (χ2n) is 5.31. The number of anilines is 1. The molecule has 1 aliphatic rings. The number of hydrogen-bond donors (Lipinski definition) is 1. The van der Waals surface area contributed by atoms with Gasteiger partial charge in [-0.1, -0.05) is 18.2 Å². The van der Waals surface area contributed by atoms with Gasteiger partial charge in [0.1, 0.15) is 0 Å². The highest BCUT2D eigenvalue weighted by Crippen LogP contribution is 2.37. The molecular weight excluding hydrogens is 248 g/mol. The highest BCUT2D eigenvalue weighted by molar-refractivity contribution is 5.99. The van der Waals surface area contributed by atoms with Gasteiger partial charge >= 0.3 is 0 Å². The summed E-state index contributed by atoms with van der Waals surface area (Å²) in [5, 5.41) is 0. The molecule has 0 bridgehead atoms. The lowest BCUT2D eigenvalue weighted by Crippen LogP contribution is -2.48. The van der Waals surface area contributed by atoms with E-state index in [2.05, 4.69) is 40.9 Å². The number of guanidine groups is 1. The van der Waals surface area contributed by atoms with Crippen molar-refractivity contribution >= 4 is 11.6 Å². The average molecular weight is 266 g/mol. The second kappa shape index (κ2) is 4.63. The van der Waals surface area contributed by atoms with Crippen molar-refractivity contribution in [2.45, 2.75) is 19.4 Å². The summed E-state index contributed by atoms with van der Waals surface area (Å²) in [6.45, 7) is 4.91. The highest BCUT2D eigenvalue weighted by atomic mass is 15.4. The van der Waals surface area contributed by atoms with E-state index in [0.717, 1.165) is 5.69 Å². The van der Waals surface area contributed by atoms with Crippen LogP contribution in [0.4, 0.5) is 5.69 Å². The number of nitrogens with two attached hydrogens (primary N) is 1. The summed E-state index contributed by atoms with van der Waals surface area (Å²) in [5.41, 5.74) is 9.35. The van der Waals surface area contributed by atoms with E-state index in [4.69, 9.17) is 5.73 Å². The molecule has 4 nitrogen and oxygen atoms in total. The fourth-order valence-corrected chi connectivity index (χ4v) is 2.76. The van der Waals surface area contributed by atoms with E-state index in [1.54, 1.807) is 0 Å². The van der Waals surface area contributed by atoms with Gasteiger partial charge in [-0.3, -0.25) is 9.98 Å². The lowest BCUT2D eigenvalue weighted by Gasteiger charge is -2.37. The largest absolute Gasteiger partial charge is 0.369 e. The number of nitrogens with zero attached hydrogens (tertiary/aromatic N) is 3. The first-order chi connectivity index (χ1) is 9.63. The number of aryl methyl sites for hydroxylation is 1. The van der Waals surface area contributed by atoms with Crippen LogP contribution >= 0.6 is 0 Å². The van der Waals surface area contributed by atoms with Crippen molar-refractivity contribution in [3.63, 3.8) is 0 Å². The highest BCUT2D eigenvalue weighted by Gasteiger charge is 2.40. The van der Waals surface area contributed by atoms with Crippen LogP contribution in [0.2, 0.25) is 0 Å². The minimum absolute atomic E-state index is 0.265. The standard InChI is InChI=1S/C16H18N4/c1-12-5-3-4-6-14(12)20-15(17)19-11-16(20,2)13-7-9-18-10-8-13/h3-10H,11H2,1-2H3,(H2,17,19). The molecule has 0 radical (unpaired) electrons. The van der Waals surface area contributed by atoms with Gasteiger partial charge in [-0.2, -0.15) is 0 Å². The number of rotatable bonds is 2. The molecule has 2 N–H and O–H groups in total. The Bertz CT molecular complexity index is 651. The first-order valence-corrected chi connectivity index (χ1v) is 6.69. The Labute approximate surface area is 119 Å². The predicted octanol–water partition coefficient (Wildman–Crippen LogP) is 2.44. The Balaban J connectivity index is 2.12. The summed E-state index contributed by atoms with van der Waals surface area (Å²) < 4.78 is 0. The van der Waals surface area contributed by atoms with Crippen LogP contribution < -0.4 is 10.6 Å². The number of pyridine rings is 1. The molecule has 0 aliphatic carbocycles. The molecule has 20 heavy (non-hydrogen) atoms. The molecule has 0 spiro atoms. The van der Waals surface area contributed by atoms with Gasteiger partial charge in [-0.05, 0) is 43.2 Å². The molecule has 0 fully saturated rings. The minimum Gasteiger partial charge on any atom is -0.369 e. The van der Waals surface area contributed by atoms with E-state index in [0.29, 0.717) is 12.5 Å². The first-order valence-electron chi connectivity index (χ1n) is 6.69. The van der Waals surface area contributed by atoms with Crippen LogP contribution in [0.25, 0.3) is 0 Å². The first kappa shape index (κ1) is 12.7. The van der Waals surface area contributed by atoms with E-state index in [1.807, 2.05) is 36.7 Å². The van der Waals surface area contributed by atoms with Crippen molar-refractivity contribution in [2.24, 2.45) is 10.7 Å². The number of para-hydroxylation sites is 1. The van der Waals surface area contributed by atoms with E-state index < -0.39 is 0 Å². The van der Waals surface area contributed by atoms with Crippen LogP contribution in [0.5, 0.6) is 0 Å². The molecule has 1 unspecified atom stereocenters. The number of aliphatic imine (C=N–C) groups is 1. The van der Waals surface area contributed by atoms with Crippen molar-refractivity contribution in [2.75, 3.05) is 11.4 Å². The molecule has 3 rings (SSSR count). The van der Waals surface area contributed by atoms with E-state index in [1.165, 1.54) is 11.1 Å². The summed E-state index contributed by atoms with van der Waals surface area (Å²) in [5.74, 6) is 0.568. The second-order valence-corrected chi connectivity index (χ2v) is 5.31. The molecule has 1 aromatic carbocycles. The molecule has 2 aromatic rings. The Morgan fingerprint density at radius 3 is 2.55 bits per heavy atom. The molecule has 0 saturated heterocycles. The zero-order valence-corrected chi connectivity index (χ0v) is 11.7. The quantitative estimate of drug-likeness (QED) is 0.908. The number of aromatic nitrogens is 1. The maximum Gasteiger partial charge on any atom is 0.196 e. The van der Waals surface area contributed by atoms with Crippen molar-refractivity contribution in [3.05, 3.63) is 59.9 Å². The maximum absolute atomic E-state index is 6.15. The van der Waals surface area contributed by atoms with Gasteiger partial charge in [-0.25, -0.2) is 0 Å². The van der Waals surface area contributed by atoms with Gasteiger partial charge in [0, 0.05) is 18.1 Å². The Morgan fingerprint density at radius 2 is 1.85 bits per heavy atom. The molecule has 1 atom stereocenters. The third-order valence-corrected chi connectivity index (χ3v) is 3.93. The Morgan fingerprint density at radius 1 is 1.15 bits per heavy atom. The maximum atomic E-state index is 6.15. The SMILES string of the molecule is Cc1ccccc1N1C(N)=NCC1(C)c1ccncc1. The van der Waals surface area contributed by atoms with Crippen LogP contribution in [-0.4, -0.2) is 17.5 Å². The topological polar surface area (TPSA) is 54.5 Å². The average Bonchev–Trinajstić information content (AvgIpc) is 2.78. The third kappa shape index (κ3) is 1.84. The van der Waals surface area contributed by atoms with Crippen LogP contribution in [-0.2, 0) is 5.54 Å². The van der Waals surface area contributed by atoms with Crippen molar-refractivity contribution < 1.29 is 0 Å².